The zero-order valence-electron chi connectivity index (χ0n) is 11.8. The van der Waals surface area contributed by atoms with Crippen LogP contribution in [0.3, 0.4) is 0 Å². The lowest BCUT2D eigenvalue weighted by Crippen LogP contribution is -2.18. The molecule has 0 saturated heterocycles. The molecule has 0 bridgehead atoms. The molecule has 0 saturated carbocycles. The molecule has 2 N–H and O–H groups in total. The van der Waals surface area contributed by atoms with Crippen molar-refractivity contribution < 1.29 is 4.74 Å². The van der Waals surface area contributed by atoms with Gasteiger partial charge in [-0.1, -0.05) is 15.9 Å². The smallest absolute Gasteiger partial charge is 0.126 e. The minimum absolute atomic E-state index is 0.104. The zero-order chi connectivity index (χ0) is 14.5. The van der Waals surface area contributed by atoms with Gasteiger partial charge < -0.3 is 10.5 Å². The van der Waals surface area contributed by atoms with E-state index in [0.29, 0.717) is 6.61 Å². The molecule has 1 heterocycles. The summed E-state index contributed by atoms with van der Waals surface area (Å²) in [7, 11) is 0. The van der Waals surface area contributed by atoms with Crippen LogP contribution in [0.5, 0.6) is 5.75 Å². The molecule has 0 aliphatic carbocycles. The number of benzene rings is 1. The molecule has 0 aliphatic rings. The fourth-order valence-corrected chi connectivity index (χ4v) is 2.76. The molecule has 2 aromatic rings. The molecule has 2 rings (SSSR count). The van der Waals surface area contributed by atoms with Crippen molar-refractivity contribution in [3.8, 4) is 5.75 Å². The van der Waals surface area contributed by atoms with Crippen molar-refractivity contribution >= 4 is 15.9 Å². The Labute approximate surface area is 128 Å². The topological polar surface area (TPSA) is 48.1 Å². The second kappa shape index (κ2) is 6.86. The van der Waals surface area contributed by atoms with Gasteiger partial charge in [0.1, 0.15) is 12.4 Å². The Morgan fingerprint density at radius 2 is 2.00 bits per heavy atom. The molecule has 0 fully saturated rings. The first-order chi connectivity index (χ1) is 9.56. The van der Waals surface area contributed by atoms with Gasteiger partial charge in [-0.3, -0.25) is 4.98 Å². The van der Waals surface area contributed by atoms with E-state index in [1.807, 2.05) is 19.1 Å². The van der Waals surface area contributed by atoms with Gasteiger partial charge in [-0.05, 0) is 61.2 Å². The Balaban J connectivity index is 2.21. The van der Waals surface area contributed by atoms with Gasteiger partial charge in [0.15, 0.2) is 0 Å². The van der Waals surface area contributed by atoms with Crippen LogP contribution in [-0.2, 0) is 13.0 Å². The van der Waals surface area contributed by atoms with E-state index < -0.39 is 0 Å². The Morgan fingerprint density at radius 1 is 1.30 bits per heavy atom. The van der Waals surface area contributed by atoms with Crippen molar-refractivity contribution in [2.45, 2.75) is 32.9 Å². The summed E-state index contributed by atoms with van der Waals surface area (Å²) in [4.78, 5) is 4.01. The van der Waals surface area contributed by atoms with Gasteiger partial charge in [-0.2, -0.15) is 0 Å². The third-order valence-electron chi connectivity index (χ3n) is 2.99. The SMILES string of the molecule is Cc1cc(Br)cc(CC(C)N)c1OCc1ccncc1. The molecular formula is C16H19BrN2O. The average molecular weight is 335 g/mol. The number of aromatic nitrogens is 1. The number of pyridine rings is 1. The summed E-state index contributed by atoms with van der Waals surface area (Å²) in [5.41, 5.74) is 9.28. The number of nitrogens with zero attached hydrogens (tertiary/aromatic N) is 1. The van der Waals surface area contributed by atoms with E-state index >= 15 is 0 Å². The summed E-state index contributed by atoms with van der Waals surface area (Å²) >= 11 is 3.53. The largest absolute Gasteiger partial charge is 0.488 e. The highest BCUT2D eigenvalue weighted by Crippen LogP contribution is 2.29. The summed E-state index contributed by atoms with van der Waals surface area (Å²) in [5, 5.41) is 0. The van der Waals surface area contributed by atoms with Gasteiger partial charge in [0.25, 0.3) is 0 Å². The molecular weight excluding hydrogens is 316 g/mol. The molecule has 20 heavy (non-hydrogen) atoms. The van der Waals surface area contributed by atoms with Gasteiger partial charge in [0.05, 0.1) is 0 Å². The lowest BCUT2D eigenvalue weighted by atomic mass is 10.0. The van der Waals surface area contributed by atoms with Crippen LogP contribution in [0.2, 0.25) is 0 Å². The molecule has 1 unspecified atom stereocenters. The maximum Gasteiger partial charge on any atom is 0.126 e. The quantitative estimate of drug-likeness (QED) is 0.908. The van der Waals surface area contributed by atoms with Crippen LogP contribution in [0, 0.1) is 6.92 Å². The van der Waals surface area contributed by atoms with Crippen molar-refractivity contribution in [1.82, 2.24) is 4.98 Å². The fourth-order valence-electron chi connectivity index (χ4n) is 2.14. The number of hydrogen-bond donors (Lipinski definition) is 1. The zero-order valence-corrected chi connectivity index (χ0v) is 13.4. The first kappa shape index (κ1) is 15.0. The third-order valence-corrected chi connectivity index (χ3v) is 3.45. The molecule has 1 aromatic heterocycles. The minimum Gasteiger partial charge on any atom is -0.488 e. The fraction of sp³-hybridized carbons (Fsp3) is 0.312. The van der Waals surface area contributed by atoms with Crippen LogP contribution >= 0.6 is 15.9 Å². The Kier molecular flexibility index (Phi) is 5.15. The van der Waals surface area contributed by atoms with Crippen LogP contribution in [0.1, 0.15) is 23.6 Å². The molecule has 1 aromatic carbocycles. The van der Waals surface area contributed by atoms with E-state index in [0.717, 1.165) is 33.3 Å². The highest BCUT2D eigenvalue weighted by atomic mass is 79.9. The molecule has 0 radical (unpaired) electrons. The van der Waals surface area contributed by atoms with Gasteiger partial charge in [0.2, 0.25) is 0 Å². The van der Waals surface area contributed by atoms with Gasteiger partial charge in [-0.25, -0.2) is 0 Å². The molecule has 0 amide bonds. The van der Waals surface area contributed by atoms with Crippen LogP contribution in [0.25, 0.3) is 0 Å². The lowest BCUT2D eigenvalue weighted by Gasteiger charge is -2.16. The van der Waals surface area contributed by atoms with Crippen LogP contribution in [0.15, 0.2) is 41.1 Å². The van der Waals surface area contributed by atoms with Crippen LogP contribution in [-0.4, -0.2) is 11.0 Å². The number of ether oxygens (including phenoxy) is 1. The Hall–Kier alpha value is -1.39. The lowest BCUT2D eigenvalue weighted by molar-refractivity contribution is 0.300. The first-order valence-electron chi connectivity index (χ1n) is 6.62. The third kappa shape index (κ3) is 4.05. The second-order valence-corrected chi connectivity index (χ2v) is 5.95. The average Bonchev–Trinajstić information content (AvgIpc) is 2.38. The molecule has 3 nitrogen and oxygen atoms in total. The summed E-state index contributed by atoms with van der Waals surface area (Å²) in [5.74, 6) is 0.933. The first-order valence-corrected chi connectivity index (χ1v) is 7.42. The summed E-state index contributed by atoms with van der Waals surface area (Å²) < 4.78 is 7.06. The van der Waals surface area contributed by atoms with E-state index in [-0.39, 0.29) is 6.04 Å². The number of nitrogens with two attached hydrogens (primary N) is 1. The predicted molar refractivity (Wildman–Crippen MR) is 84.8 cm³/mol. The maximum atomic E-state index is 6.01. The maximum absolute atomic E-state index is 6.01. The number of rotatable bonds is 5. The van der Waals surface area contributed by atoms with Crippen molar-refractivity contribution in [2.24, 2.45) is 5.73 Å². The molecule has 1 atom stereocenters. The van der Waals surface area contributed by atoms with Gasteiger partial charge >= 0.3 is 0 Å². The normalized spacial score (nSPS) is 12.2. The Bertz CT molecular complexity index is 570. The van der Waals surface area contributed by atoms with Crippen molar-refractivity contribution in [1.29, 1.82) is 0 Å². The van der Waals surface area contributed by atoms with Crippen molar-refractivity contribution in [2.75, 3.05) is 0 Å². The van der Waals surface area contributed by atoms with E-state index in [1.54, 1.807) is 12.4 Å². The second-order valence-electron chi connectivity index (χ2n) is 5.04. The van der Waals surface area contributed by atoms with E-state index in [2.05, 4.69) is 40.0 Å². The number of hydrogen-bond acceptors (Lipinski definition) is 3. The highest BCUT2D eigenvalue weighted by molar-refractivity contribution is 9.10. The Morgan fingerprint density at radius 3 is 2.65 bits per heavy atom. The molecule has 4 heteroatoms. The van der Waals surface area contributed by atoms with E-state index in [9.17, 15) is 0 Å². The standard InChI is InChI=1S/C16H19BrN2O/c1-11-7-15(17)9-14(8-12(2)18)16(11)20-10-13-3-5-19-6-4-13/h3-7,9,12H,8,10,18H2,1-2H3. The minimum atomic E-state index is 0.104. The summed E-state index contributed by atoms with van der Waals surface area (Å²) in [6.45, 7) is 4.59. The van der Waals surface area contributed by atoms with Crippen molar-refractivity contribution in [3.63, 3.8) is 0 Å². The van der Waals surface area contributed by atoms with Crippen LogP contribution in [0.4, 0.5) is 0 Å². The highest BCUT2D eigenvalue weighted by Gasteiger charge is 2.11. The van der Waals surface area contributed by atoms with Crippen LogP contribution < -0.4 is 10.5 Å². The van der Waals surface area contributed by atoms with Gasteiger partial charge in [-0.15, -0.1) is 0 Å². The van der Waals surface area contributed by atoms with E-state index in [4.69, 9.17) is 10.5 Å². The summed E-state index contributed by atoms with van der Waals surface area (Å²) in [6.07, 6.45) is 4.35. The van der Waals surface area contributed by atoms with Gasteiger partial charge in [0, 0.05) is 22.9 Å². The van der Waals surface area contributed by atoms with Crippen molar-refractivity contribution in [3.05, 3.63) is 57.8 Å². The number of halogens is 1. The molecule has 106 valence electrons. The number of aryl methyl sites for hydroxylation is 1. The predicted octanol–water partition coefficient (Wildman–Crippen LogP) is 3.62. The van der Waals surface area contributed by atoms with E-state index in [1.165, 1.54) is 0 Å². The summed E-state index contributed by atoms with van der Waals surface area (Å²) in [6, 6.07) is 8.16. The molecule has 0 spiro atoms. The monoisotopic (exact) mass is 334 g/mol. The molecule has 0 aliphatic heterocycles.